The van der Waals surface area contributed by atoms with E-state index in [1.807, 2.05) is 6.08 Å². The van der Waals surface area contributed by atoms with E-state index < -0.39 is 0 Å². The van der Waals surface area contributed by atoms with E-state index in [1.165, 1.54) is 36.0 Å². The normalized spacial score (nSPS) is 41.0. The predicted octanol–water partition coefficient (Wildman–Crippen LogP) is 5.80. The number of ketones is 1. The molecule has 0 bridgehead atoms. The number of fused-ring (bicyclic) bond motifs is 4. The summed E-state index contributed by atoms with van der Waals surface area (Å²) in [6, 6.07) is 4.71. The summed E-state index contributed by atoms with van der Waals surface area (Å²) in [7, 11) is 1.77. The van der Waals surface area contributed by atoms with E-state index in [-0.39, 0.29) is 16.2 Å². The van der Waals surface area contributed by atoms with E-state index in [2.05, 4.69) is 32.6 Å². The summed E-state index contributed by atoms with van der Waals surface area (Å²) in [6.07, 6.45) is 11.9. The van der Waals surface area contributed by atoms with Gasteiger partial charge in [0.05, 0.1) is 7.11 Å². The molecule has 3 saturated carbocycles. The number of ether oxygens (including phenoxy) is 1. The smallest absolute Gasteiger partial charge is 0.139 e. The molecule has 5 rings (SSSR count). The van der Waals surface area contributed by atoms with Gasteiger partial charge in [-0.2, -0.15) is 0 Å². The lowest BCUT2D eigenvalue weighted by Gasteiger charge is -2.57. The zero-order valence-electron chi connectivity index (χ0n) is 17.8. The summed E-state index contributed by atoms with van der Waals surface area (Å²) >= 11 is 0. The van der Waals surface area contributed by atoms with Crippen LogP contribution in [-0.4, -0.2) is 12.9 Å². The fraction of sp³-hybridized carbons (Fsp3) is 0.654. The molecule has 2 nitrogen and oxygen atoms in total. The number of hydrogen-bond donors (Lipinski definition) is 0. The third kappa shape index (κ3) is 2.07. The highest BCUT2D eigenvalue weighted by atomic mass is 16.5. The van der Waals surface area contributed by atoms with Crippen LogP contribution in [0.4, 0.5) is 0 Å². The van der Waals surface area contributed by atoms with E-state index in [9.17, 15) is 4.79 Å². The Hall–Kier alpha value is -1.57. The number of aryl methyl sites for hydroxylation is 1. The third-order valence-electron chi connectivity index (χ3n) is 9.67. The number of carbonyl (C=O) groups is 1. The lowest BCUT2D eigenvalue weighted by Crippen LogP contribution is -2.54. The number of benzene rings is 1. The van der Waals surface area contributed by atoms with Crippen LogP contribution < -0.4 is 4.74 Å². The number of rotatable bonds is 3. The van der Waals surface area contributed by atoms with Crippen LogP contribution in [0.3, 0.4) is 0 Å². The summed E-state index contributed by atoms with van der Waals surface area (Å²) in [4.78, 5) is 13.2. The van der Waals surface area contributed by atoms with Gasteiger partial charge in [-0.05, 0) is 96.8 Å². The highest BCUT2D eigenvalue weighted by Gasteiger charge is 2.69. The zero-order valence-corrected chi connectivity index (χ0v) is 17.8. The van der Waals surface area contributed by atoms with E-state index in [4.69, 9.17) is 4.74 Å². The number of allylic oxidation sites excluding steroid dienone is 1. The Labute approximate surface area is 169 Å². The zero-order chi connectivity index (χ0) is 19.7. The summed E-state index contributed by atoms with van der Waals surface area (Å²) in [5, 5.41) is 0. The van der Waals surface area contributed by atoms with Crippen molar-refractivity contribution in [2.24, 2.45) is 22.7 Å². The molecule has 4 aliphatic rings. The molecule has 1 aromatic carbocycles. The van der Waals surface area contributed by atoms with Gasteiger partial charge in [-0.3, -0.25) is 4.79 Å². The van der Waals surface area contributed by atoms with Gasteiger partial charge in [0.1, 0.15) is 11.5 Å². The van der Waals surface area contributed by atoms with E-state index in [0.717, 1.165) is 44.3 Å². The topological polar surface area (TPSA) is 26.3 Å². The van der Waals surface area contributed by atoms with E-state index in [1.54, 1.807) is 7.11 Å². The van der Waals surface area contributed by atoms with E-state index >= 15 is 0 Å². The lowest BCUT2D eigenvalue weighted by molar-refractivity contribution is -0.139. The van der Waals surface area contributed by atoms with Crippen LogP contribution in [-0.2, 0) is 23.1 Å². The fourth-order valence-electron chi connectivity index (χ4n) is 8.23. The van der Waals surface area contributed by atoms with Gasteiger partial charge in [0.25, 0.3) is 0 Å². The molecular weight excluding hydrogens is 344 g/mol. The number of Topliss-reactive ketones (excluding diaryl/α,β-unsaturated/α-hetero) is 1. The maximum absolute atomic E-state index is 13.2. The maximum atomic E-state index is 13.2. The summed E-state index contributed by atoms with van der Waals surface area (Å²) in [6.45, 7) is 8.88. The molecule has 0 N–H and O–H groups in total. The lowest BCUT2D eigenvalue weighted by atomic mass is 9.46. The standard InChI is InChI=1S/C26H34O2/c1-5-6-18-15-21-17(16-22(18)28-4)7-8-19-20-9-11-24(2)12-10-23(27)26(20,24)14-13-25(19,21)3/h5,15-16,19-20H,1,6-14H2,2-4H3/t19?,20?,24-,25-,26+/m0/s1. The van der Waals surface area contributed by atoms with Crippen LogP contribution in [0.15, 0.2) is 24.8 Å². The average molecular weight is 379 g/mol. The van der Waals surface area contributed by atoms with Crippen molar-refractivity contribution < 1.29 is 9.53 Å². The molecule has 2 unspecified atom stereocenters. The Bertz CT molecular complexity index is 854. The minimum Gasteiger partial charge on any atom is -0.496 e. The van der Waals surface area contributed by atoms with Crippen molar-refractivity contribution >= 4 is 5.78 Å². The molecule has 5 atom stereocenters. The first kappa shape index (κ1) is 18.5. The molecule has 0 heterocycles. The Kier molecular flexibility index (Phi) is 3.93. The Morgan fingerprint density at radius 3 is 2.68 bits per heavy atom. The largest absolute Gasteiger partial charge is 0.496 e. The molecule has 0 radical (unpaired) electrons. The van der Waals surface area contributed by atoms with Gasteiger partial charge in [0.2, 0.25) is 0 Å². The Morgan fingerprint density at radius 1 is 1.11 bits per heavy atom. The molecule has 28 heavy (non-hydrogen) atoms. The van der Waals surface area contributed by atoms with Crippen molar-refractivity contribution in [1.82, 2.24) is 0 Å². The van der Waals surface area contributed by atoms with Crippen LogP contribution >= 0.6 is 0 Å². The Balaban J connectivity index is 1.60. The minimum atomic E-state index is -0.00883. The SMILES string of the molecule is C=CCc1cc2c(cc1OC)CCC1C3CC[C@@]4(C)CCC(=O)[C@@]34CC[C@]21C. The molecule has 2 heteroatoms. The van der Waals surface area contributed by atoms with Crippen molar-refractivity contribution in [3.05, 3.63) is 41.5 Å². The first-order valence-electron chi connectivity index (χ1n) is 11.2. The second-order valence-electron chi connectivity index (χ2n) is 10.5. The number of carbonyl (C=O) groups excluding carboxylic acids is 1. The monoisotopic (exact) mass is 378 g/mol. The molecule has 150 valence electrons. The van der Waals surface area contributed by atoms with Crippen LogP contribution in [0, 0.1) is 22.7 Å². The average Bonchev–Trinajstić information content (AvgIpc) is 3.12. The van der Waals surface area contributed by atoms with Gasteiger partial charge in [0.15, 0.2) is 0 Å². The second kappa shape index (κ2) is 5.97. The van der Waals surface area contributed by atoms with Gasteiger partial charge < -0.3 is 4.74 Å². The second-order valence-corrected chi connectivity index (χ2v) is 10.5. The molecule has 3 fully saturated rings. The van der Waals surface area contributed by atoms with Gasteiger partial charge in [-0.1, -0.05) is 26.0 Å². The first-order valence-corrected chi connectivity index (χ1v) is 11.2. The van der Waals surface area contributed by atoms with Crippen molar-refractivity contribution in [2.75, 3.05) is 7.11 Å². The van der Waals surface area contributed by atoms with Crippen LogP contribution in [0.5, 0.6) is 5.75 Å². The molecule has 0 amide bonds. The highest BCUT2D eigenvalue weighted by Crippen LogP contribution is 2.73. The molecule has 0 aliphatic heterocycles. The molecule has 1 aromatic rings. The molecule has 4 aliphatic carbocycles. The maximum Gasteiger partial charge on any atom is 0.139 e. The van der Waals surface area contributed by atoms with Crippen molar-refractivity contribution in [1.29, 1.82) is 0 Å². The summed E-state index contributed by atoms with van der Waals surface area (Å²) in [5.41, 5.74) is 4.72. The van der Waals surface area contributed by atoms with Crippen LogP contribution in [0.1, 0.15) is 75.5 Å². The summed E-state index contributed by atoms with van der Waals surface area (Å²) in [5.74, 6) is 2.84. The van der Waals surface area contributed by atoms with Crippen molar-refractivity contribution in [3.63, 3.8) is 0 Å². The van der Waals surface area contributed by atoms with Gasteiger partial charge in [0, 0.05) is 11.8 Å². The number of methoxy groups -OCH3 is 1. The van der Waals surface area contributed by atoms with Gasteiger partial charge in [-0.25, -0.2) is 0 Å². The third-order valence-corrected chi connectivity index (χ3v) is 9.67. The molecule has 1 spiro atoms. The molecular formula is C26H34O2. The molecule has 0 aromatic heterocycles. The molecule has 0 saturated heterocycles. The van der Waals surface area contributed by atoms with Gasteiger partial charge >= 0.3 is 0 Å². The fourth-order valence-corrected chi connectivity index (χ4v) is 8.23. The predicted molar refractivity (Wildman–Crippen MR) is 113 cm³/mol. The van der Waals surface area contributed by atoms with Crippen LogP contribution in [0.25, 0.3) is 0 Å². The van der Waals surface area contributed by atoms with E-state index in [0.29, 0.717) is 17.6 Å². The summed E-state index contributed by atoms with van der Waals surface area (Å²) < 4.78 is 5.69. The minimum absolute atomic E-state index is 0.00883. The highest BCUT2D eigenvalue weighted by molar-refractivity contribution is 5.89. The quantitative estimate of drug-likeness (QED) is 0.621. The number of hydrogen-bond acceptors (Lipinski definition) is 2. The first-order chi connectivity index (χ1) is 13.4. The van der Waals surface area contributed by atoms with Gasteiger partial charge in [-0.15, -0.1) is 6.58 Å². The van der Waals surface area contributed by atoms with Crippen molar-refractivity contribution in [3.8, 4) is 5.75 Å². The Morgan fingerprint density at radius 2 is 1.93 bits per heavy atom. The van der Waals surface area contributed by atoms with Crippen molar-refractivity contribution in [2.45, 2.75) is 77.0 Å². The van der Waals surface area contributed by atoms with Crippen LogP contribution in [0.2, 0.25) is 0 Å².